The molecule has 1 aromatic carbocycles. The number of hydrogen-bond donors (Lipinski definition) is 1. The van der Waals surface area contributed by atoms with Crippen LogP contribution in [0.25, 0.3) is 5.69 Å². The molecule has 36 heavy (non-hydrogen) atoms. The number of nitrogens with one attached hydrogen (secondary N) is 1. The fourth-order valence-electron chi connectivity index (χ4n) is 4.85. The Morgan fingerprint density at radius 1 is 1.14 bits per heavy atom. The van der Waals surface area contributed by atoms with Gasteiger partial charge in [-0.05, 0) is 61.9 Å². The molecule has 4 heterocycles. The van der Waals surface area contributed by atoms with Gasteiger partial charge in [-0.15, -0.1) is 0 Å². The molecular formula is C25H27F3N6O2. The van der Waals surface area contributed by atoms with Gasteiger partial charge < -0.3 is 14.6 Å². The number of carbonyl (C=O) groups excluding carboxylic acids is 1. The number of imidazole rings is 1. The van der Waals surface area contributed by atoms with Crippen molar-refractivity contribution in [2.24, 2.45) is 5.92 Å². The topological polar surface area (TPSA) is 85.2 Å². The normalized spacial score (nSPS) is 18.5. The Morgan fingerprint density at radius 2 is 1.94 bits per heavy atom. The number of hydrogen-bond acceptors (Lipinski definition) is 6. The number of ether oxygens (including phenoxy) is 1. The zero-order chi connectivity index (χ0) is 25.6. The van der Waals surface area contributed by atoms with Crippen molar-refractivity contribution in [1.29, 1.82) is 0 Å². The largest absolute Gasteiger partial charge is 0.447 e. The molecule has 11 heteroatoms. The third kappa shape index (κ3) is 4.38. The molecule has 5 rings (SSSR count). The molecule has 1 fully saturated rings. The van der Waals surface area contributed by atoms with E-state index in [0.717, 1.165) is 17.5 Å². The summed E-state index contributed by atoms with van der Waals surface area (Å²) in [5.74, 6) is 0.990. The van der Waals surface area contributed by atoms with Gasteiger partial charge >= 0.3 is 12.3 Å². The van der Waals surface area contributed by atoms with Gasteiger partial charge in [-0.1, -0.05) is 13.8 Å². The van der Waals surface area contributed by atoms with Crippen molar-refractivity contribution in [1.82, 2.24) is 19.5 Å². The lowest BCUT2D eigenvalue weighted by Crippen LogP contribution is -2.37. The van der Waals surface area contributed by atoms with E-state index < -0.39 is 17.8 Å². The van der Waals surface area contributed by atoms with E-state index in [1.54, 1.807) is 23.5 Å². The predicted molar refractivity (Wildman–Crippen MR) is 127 cm³/mol. The van der Waals surface area contributed by atoms with Crippen LogP contribution in [-0.2, 0) is 23.8 Å². The molecule has 0 aliphatic carbocycles. The number of alkyl halides is 3. The Hall–Kier alpha value is -3.63. The van der Waals surface area contributed by atoms with Gasteiger partial charge in [-0.3, -0.25) is 4.90 Å². The summed E-state index contributed by atoms with van der Waals surface area (Å²) in [4.78, 5) is 27.3. The highest BCUT2D eigenvalue weighted by molar-refractivity contribution is 5.89. The number of nitrogens with zero attached hydrogens (tertiary/aromatic N) is 5. The number of benzene rings is 1. The third-order valence-electron chi connectivity index (χ3n) is 6.74. The van der Waals surface area contributed by atoms with Crippen molar-refractivity contribution in [3.05, 3.63) is 59.3 Å². The summed E-state index contributed by atoms with van der Waals surface area (Å²) in [5, 5.41) is 3.26. The number of aromatic nitrogens is 4. The Balaban J connectivity index is 1.40. The van der Waals surface area contributed by atoms with Crippen LogP contribution in [0.4, 0.5) is 29.7 Å². The minimum absolute atomic E-state index is 0.112. The average molecular weight is 501 g/mol. The van der Waals surface area contributed by atoms with Gasteiger partial charge in [0.05, 0.1) is 29.7 Å². The van der Waals surface area contributed by atoms with Crippen LogP contribution in [0.15, 0.2) is 36.8 Å². The number of halogens is 3. The van der Waals surface area contributed by atoms with Gasteiger partial charge in [-0.2, -0.15) is 18.2 Å². The summed E-state index contributed by atoms with van der Waals surface area (Å²) in [5.41, 5.74) is 2.44. The minimum atomic E-state index is -4.38. The number of amides is 1. The van der Waals surface area contributed by atoms with Crippen molar-refractivity contribution < 1.29 is 22.7 Å². The first-order valence-electron chi connectivity index (χ1n) is 12.0. The summed E-state index contributed by atoms with van der Waals surface area (Å²) in [6.07, 6.45) is 0.369. The van der Waals surface area contributed by atoms with Crippen LogP contribution in [-0.4, -0.2) is 38.3 Å². The number of carbonyl (C=O) groups is 1. The van der Waals surface area contributed by atoms with Gasteiger partial charge in [0.2, 0.25) is 5.95 Å². The van der Waals surface area contributed by atoms with E-state index in [-0.39, 0.29) is 18.0 Å². The van der Waals surface area contributed by atoms with Crippen LogP contribution < -0.4 is 10.2 Å². The van der Waals surface area contributed by atoms with Crippen LogP contribution in [0.3, 0.4) is 0 Å². The van der Waals surface area contributed by atoms with Crippen LogP contribution in [0.1, 0.15) is 55.7 Å². The second kappa shape index (κ2) is 9.11. The standard InChI is InChI=1S/C25H27F3N6O2/c1-14(2)20-12-36-24(35)34(20)21-9-10-29-23(32-21)31-15(3)22-19-6-4-5-16-11-17(25(26,27)28)7-8-18(16)33(19)13-30-22/h7-11,13-15,20H,4-6,12H2,1-3H3,(H,29,31,32)/t15-,20+/m0/s1. The van der Waals surface area contributed by atoms with Crippen LogP contribution >= 0.6 is 0 Å². The third-order valence-corrected chi connectivity index (χ3v) is 6.74. The second-order valence-corrected chi connectivity index (χ2v) is 9.50. The van der Waals surface area contributed by atoms with Gasteiger partial charge in [0.1, 0.15) is 12.4 Å². The van der Waals surface area contributed by atoms with Crippen molar-refractivity contribution in [2.75, 3.05) is 16.8 Å². The molecule has 0 unspecified atom stereocenters. The molecule has 0 spiro atoms. The van der Waals surface area contributed by atoms with Crippen molar-refractivity contribution in [3.63, 3.8) is 0 Å². The molecule has 0 saturated carbocycles. The molecule has 0 radical (unpaired) electrons. The van der Waals surface area contributed by atoms with Crippen LogP contribution in [0.2, 0.25) is 0 Å². The van der Waals surface area contributed by atoms with E-state index in [4.69, 9.17) is 4.74 Å². The SMILES string of the molecule is CC(C)[C@H]1COC(=O)N1c1ccnc(N[C@@H](C)c2ncn3c2CCCc2cc(C(F)(F)F)ccc2-3)n1. The molecule has 2 atom stereocenters. The zero-order valence-corrected chi connectivity index (χ0v) is 20.2. The van der Waals surface area contributed by atoms with E-state index in [2.05, 4.69) is 20.3 Å². The Morgan fingerprint density at radius 3 is 2.69 bits per heavy atom. The molecule has 1 saturated heterocycles. The first-order chi connectivity index (χ1) is 17.1. The quantitative estimate of drug-likeness (QED) is 0.510. The highest BCUT2D eigenvalue weighted by atomic mass is 19.4. The number of rotatable bonds is 5. The van der Waals surface area contributed by atoms with Gasteiger partial charge in [0, 0.05) is 17.6 Å². The molecule has 8 nitrogen and oxygen atoms in total. The Kier molecular flexibility index (Phi) is 6.09. The average Bonchev–Trinajstić information content (AvgIpc) is 3.37. The molecule has 190 valence electrons. The predicted octanol–water partition coefficient (Wildman–Crippen LogP) is 5.32. The van der Waals surface area contributed by atoms with Crippen LogP contribution in [0.5, 0.6) is 0 Å². The van der Waals surface area contributed by atoms with Crippen molar-refractivity contribution in [3.8, 4) is 5.69 Å². The van der Waals surface area contributed by atoms with Gasteiger partial charge in [-0.25, -0.2) is 14.8 Å². The summed E-state index contributed by atoms with van der Waals surface area (Å²) in [6.45, 7) is 6.29. The smallest absolute Gasteiger partial charge is 0.416 e. The second-order valence-electron chi connectivity index (χ2n) is 9.50. The number of fused-ring (bicyclic) bond motifs is 3. The monoisotopic (exact) mass is 500 g/mol. The van der Waals surface area contributed by atoms with Crippen molar-refractivity contribution >= 4 is 17.9 Å². The van der Waals surface area contributed by atoms with E-state index in [1.807, 2.05) is 25.3 Å². The lowest BCUT2D eigenvalue weighted by Gasteiger charge is -2.23. The first kappa shape index (κ1) is 24.1. The number of anilines is 2. The highest BCUT2D eigenvalue weighted by Crippen LogP contribution is 2.35. The summed E-state index contributed by atoms with van der Waals surface area (Å²) in [7, 11) is 0. The maximum Gasteiger partial charge on any atom is 0.416 e. The van der Waals surface area contributed by atoms with Gasteiger partial charge in [0.25, 0.3) is 0 Å². The molecular weight excluding hydrogens is 473 g/mol. The first-order valence-corrected chi connectivity index (χ1v) is 12.0. The molecule has 2 aromatic heterocycles. The number of cyclic esters (lactones) is 1. The van der Waals surface area contributed by atoms with E-state index >= 15 is 0 Å². The Bertz CT molecular complexity index is 1290. The molecule has 1 N–H and O–H groups in total. The number of aryl methyl sites for hydroxylation is 1. The highest BCUT2D eigenvalue weighted by Gasteiger charge is 2.37. The summed E-state index contributed by atoms with van der Waals surface area (Å²) < 4.78 is 46.8. The fourth-order valence-corrected chi connectivity index (χ4v) is 4.85. The molecule has 1 amide bonds. The maximum absolute atomic E-state index is 13.2. The summed E-state index contributed by atoms with van der Waals surface area (Å²) in [6, 6.07) is 5.15. The van der Waals surface area contributed by atoms with E-state index in [0.29, 0.717) is 48.9 Å². The molecule has 0 bridgehead atoms. The minimum Gasteiger partial charge on any atom is -0.447 e. The maximum atomic E-state index is 13.2. The molecule has 3 aromatic rings. The zero-order valence-electron chi connectivity index (χ0n) is 20.2. The van der Waals surface area contributed by atoms with E-state index in [1.165, 1.54) is 12.1 Å². The Labute approximate surface area is 206 Å². The van der Waals surface area contributed by atoms with E-state index in [9.17, 15) is 18.0 Å². The van der Waals surface area contributed by atoms with Gasteiger partial charge in [0.15, 0.2) is 0 Å². The lowest BCUT2D eigenvalue weighted by atomic mass is 10.0. The summed E-state index contributed by atoms with van der Waals surface area (Å²) >= 11 is 0. The van der Waals surface area contributed by atoms with Crippen LogP contribution in [0, 0.1) is 5.92 Å². The van der Waals surface area contributed by atoms with Crippen molar-refractivity contribution in [2.45, 2.75) is 58.3 Å². The molecule has 2 aliphatic heterocycles. The fraction of sp³-hybridized carbons (Fsp3) is 0.440. The lowest BCUT2D eigenvalue weighted by molar-refractivity contribution is -0.137. The molecule has 2 aliphatic rings.